The summed E-state index contributed by atoms with van der Waals surface area (Å²) >= 11 is 0. The van der Waals surface area contributed by atoms with Crippen LogP contribution >= 0.6 is 0 Å². The van der Waals surface area contributed by atoms with Crippen LogP contribution in [0.1, 0.15) is 61.6 Å². The van der Waals surface area contributed by atoms with Gasteiger partial charge in [0.25, 0.3) is 0 Å². The lowest BCUT2D eigenvalue weighted by atomic mass is 9.68. The van der Waals surface area contributed by atoms with Gasteiger partial charge in [-0.3, -0.25) is 14.6 Å². The van der Waals surface area contributed by atoms with Gasteiger partial charge in [-0.05, 0) is 81.3 Å². The van der Waals surface area contributed by atoms with Crippen LogP contribution in [0.2, 0.25) is 0 Å². The van der Waals surface area contributed by atoms with Crippen molar-refractivity contribution in [2.24, 2.45) is 29.6 Å². The monoisotopic (exact) mass is 409 g/mol. The van der Waals surface area contributed by atoms with E-state index in [0.717, 1.165) is 35.6 Å². The summed E-state index contributed by atoms with van der Waals surface area (Å²) in [4.78, 5) is 26.3. The summed E-state index contributed by atoms with van der Waals surface area (Å²) in [7, 11) is 0. The Morgan fingerprint density at radius 1 is 1.00 bits per heavy atom. The molecule has 2 N–H and O–H groups in total. The summed E-state index contributed by atoms with van der Waals surface area (Å²) in [6, 6.07) is 4.54. The number of hydrogen-bond acceptors (Lipinski definition) is 3. The molecule has 0 bridgehead atoms. The standard InChI is InChI=1S/C25H35N3O2/c1-14-11-15(2)23(16(3)12-14)26-21(29)13-28-25(30)20-10-6-9-18-17-7-4-5-8-19(17)24(27-28)22(18)20/h11-12,17-20,22,24,27H,4-10,13H2,1-3H3,(H,26,29). The van der Waals surface area contributed by atoms with E-state index in [-0.39, 0.29) is 24.3 Å². The summed E-state index contributed by atoms with van der Waals surface area (Å²) < 4.78 is 0. The topological polar surface area (TPSA) is 61.4 Å². The molecule has 162 valence electrons. The molecular formula is C25H35N3O2. The number of benzene rings is 1. The number of carbonyl (C=O) groups excluding carboxylic acids is 2. The fourth-order valence-corrected chi connectivity index (χ4v) is 7.46. The second-order valence-electron chi connectivity index (χ2n) is 10.3. The molecule has 0 radical (unpaired) electrons. The molecule has 0 aromatic heterocycles. The molecule has 4 fully saturated rings. The Balaban J connectivity index is 1.33. The molecule has 6 atom stereocenters. The maximum absolute atomic E-state index is 13.3. The molecule has 5 nitrogen and oxygen atoms in total. The second-order valence-corrected chi connectivity index (χ2v) is 10.3. The zero-order valence-electron chi connectivity index (χ0n) is 18.5. The third kappa shape index (κ3) is 3.26. The van der Waals surface area contributed by atoms with Crippen LogP contribution in [-0.4, -0.2) is 29.4 Å². The number of amides is 2. The first-order valence-corrected chi connectivity index (χ1v) is 11.9. The largest absolute Gasteiger partial charge is 0.324 e. The summed E-state index contributed by atoms with van der Waals surface area (Å²) in [5.74, 6) is 2.79. The molecule has 3 aliphatic carbocycles. The lowest BCUT2D eigenvalue weighted by molar-refractivity contribution is -0.153. The zero-order valence-corrected chi connectivity index (χ0v) is 18.5. The van der Waals surface area contributed by atoms with E-state index < -0.39 is 0 Å². The molecule has 0 spiro atoms. The van der Waals surface area contributed by atoms with Crippen molar-refractivity contribution in [3.8, 4) is 0 Å². The molecule has 4 aliphatic rings. The van der Waals surface area contributed by atoms with Gasteiger partial charge in [0.1, 0.15) is 6.54 Å². The van der Waals surface area contributed by atoms with Crippen LogP contribution in [0.4, 0.5) is 5.69 Å². The maximum atomic E-state index is 13.3. The quantitative estimate of drug-likeness (QED) is 0.789. The molecule has 5 rings (SSSR count). The first-order chi connectivity index (χ1) is 14.4. The van der Waals surface area contributed by atoms with Crippen LogP contribution in [0.15, 0.2) is 12.1 Å². The summed E-state index contributed by atoms with van der Waals surface area (Å²) in [6.07, 6.45) is 8.71. The molecule has 6 unspecified atom stereocenters. The highest BCUT2D eigenvalue weighted by Crippen LogP contribution is 2.57. The number of hydrazine groups is 1. The fourth-order valence-electron chi connectivity index (χ4n) is 7.46. The normalized spacial score (nSPS) is 35.0. The van der Waals surface area contributed by atoms with Crippen molar-refractivity contribution < 1.29 is 9.59 Å². The maximum Gasteiger partial charge on any atom is 0.245 e. The van der Waals surface area contributed by atoms with Gasteiger partial charge in [0.05, 0.1) is 0 Å². The Hall–Kier alpha value is -1.88. The Labute approximate surface area is 179 Å². The van der Waals surface area contributed by atoms with Crippen molar-refractivity contribution in [1.29, 1.82) is 0 Å². The molecular weight excluding hydrogens is 374 g/mol. The molecule has 1 saturated heterocycles. The van der Waals surface area contributed by atoms with Crippen molar-refractivity contribution in [3.63, 3.8) is 0 Å². The predicted molar refractivity (Wildman–Crippen MR) is 118 cm³/mol. The van der Waals surface area contributed by atoms with Crippen molar-refractivity contribution in [1.82, 2.24) is 10.4 Å². The third-order valence-electron chi connectivity index (χ3n) is 8.44. The minimum absolute atomic E-state index is 0.0906. The zero-order chi connectivity index (χ0) is 21.0. The van der Waals surface area contributed by atoms with E-state index in [0.29, 0.717) is 23.8 Å². The number of aryl methyl sites for hydroxylation is 3. The minimum Gasteiger partial charge on any atom is -0.324 e. The van der Waals surface area contributed by atoms with Gasteiger partial charge in [0, 0.05) is 17.6 Å². The summed E-state index contributed by atoms with van der Waals surface area (Å²) in [5.41, 5.74) is 7.77. The number of fused-ring (bicyclic) bond motifs is 3. The van der Waals surface area contributed by atoms with Gasteiger partial charge in [0.2, 0.25) is 11.8 Å². The number of carbonyl (C=O) groups is 2. The highest BCUT2D eigenvalue weighted by atomic mass is 16.2. The molecule has 1 aromatic carbocycles. The Morgan fingerprint density at radius 2 is 1.67 bits per heavy atom. The van der Waals surface area contributed by atoms with E-state index in [4.69, 9.17) is 0 Å². The van der Waals surface area contributed by atoms with Crippen LogP contribution in [0.25, 0.3) is 0 Å². The summed E-state index contributed by atoms with van der Waals surface area (Å²) in [6.45, 7) is 6.20. The second kappa shape index (κ2) is 7.67. The lowest BCUT2D eigenvalue weighted by Gasteiger charge is -2.45. The van der Waals surface area contributed by atoms with Gasteiger partial charge < -0.3 is 5.32 Å². The SMILES string of the molecule is Cc1cc(C)c(NC(=O)CN2NC3C4CCCCC4C4CCCC(C2=O)C43)c(C)c1. The summed E-state index contributed by atoms with van der Waals surface area (Å²) in [5, 5.41) is 4.74. The van der Waals surface area contributed by atoms with Crippen LogP contribution in [-0.2, 0) is 9.59 Å². The fraction of sp³-hybridized carbons (Fsp3) is 0.680. The van der Waals surface area contributed by atoms with Crippen LogP contribution in [0.5, 0.6) is 0 Å². The van der Waals surface area contributed by atoms with Crippen LogP contribution < -0.4 is 10.7 Å². The Kier molecular flexibility index (Phi) is 5.12. The molecule has 1 heterocycles. The van der Waals surface area contributed by atoms with Gasteiger partial charge in [0.15, 0.2) is 0 Å². The van der Waals surface area contributed by atoms with Gasteiger partial charge in [-0.15, -0.1) is 0 Å². The molecule has 2 amide bonds. The number of anilines is 1. The molecule has 30 heavy (non-hydrogen) atoms. The van der Waals surface area contributed by atoms with E-state index in [2.05, 4.69) is 29.8 Å². The van der Waals surface area contributed by atoms with Gasteiger partial charge in [-0.1, -0.05) is 37.0 Å². The van der Waals surface area contributed by atoms with Crippen molar-refractivity contribution in [2.75, 3.05) is 11.9 Å². The van der Waals surface area contributed by atoms with Crippen LogP contribution in [0, 0.1) is 50.4 Å². The number of rotatable bonds is 3. The van der Waals surface area contributed by atoms with Gasteiger partial charge >= 0.3 is 0 Å². The highest BCUT2D eigenvalue weighted by molar-refractivity contribution is 5.96. The average Bonchev–Trinajstić information content (AvgIpc) is 3.03. The van der Waals surface area contributed by atoms with Crippen molar-refractivity contribution in [2.45, 2.75) is 71.8 Å². The molecule has 5 heteroatoms. The molecule has 1 aromatic rings. The van der Waals surface area contributed by atoms with E-state index in [1.807, 2.05) is 13.8 Å². The van der Waals surface area contributed by atoms with Crippen molar-refractivity contribution in [3.05, 3.63) is 28.8 Å². The molecule has 1 aliphatic heterocycles. The lowest BCUT2D eigenvalue weighted by Crippen LogP contribution is -2.63. The van der Waals surface area contributed by atoms with Gasteiger partial charge in [-0.25, -0.2) is 5.43 Å². The Morgan fingerprint density at radius 3 is 2.40 bits per heavy atom. The first kappa shape index (κ1) is 20.0. The van der Waals surface area contributed by atoms with Crippen molar-refractivity contribution >= 4 is 17.5 Å². The first-order valence-electron chi connectivity index (χ1n) is 11.9. The predicted octanol–water partition coefficient (Wildman–Crippen LogP) is 4.12. The number of hydrogen-bond donors (Lipinski definition) is 2. The highest BCUT2D eigenvalue weighted by Gasteiger charge is 2.58. The number of nitrogens with zero attached hydrogens (tertiary/aromatic N) is 1. The average molecular weight is 410 g/mol. The third-order valence-corrected chi connectivity index (χ3v) is 8.44. The smallest absolute Gasteiger partial charge is 0.245 e. The van der Waals surface area contributed by atoms with Gasteiger partial charge in [-0.2, -0.15) is 0 Å². The van der Waals surface area contributed by atoms with E-state index in [9.17, 15) is 9.59 Å². The molecule has 3 saturated carbocycles. The Bertz CT molecular complexity index is 843. The van der Waals surface area contributed by atoms with E-state index in [1.165, 1.54) is 37.7 Å². The van der Waals surface area contributed by atoms with Crippen LogP contribution in [0.3, 0.4) is 0 Å². The van der Waals surface area contributed by atoms with E-state index in [1.54, 1.807) is 5.01 Å². The van der Waals surface area contributed by atoms with E-state index >= 15 is 0 Å². The minimum atomic E-state index is -0.116. The number of nitrogens with one attached hydrogen (secondary N) is 2.